The van der Waals surface area contributed by atoms with E-state index in [0.29, 0.717) is 5.56 Å². The van der Waals surface area contributed by atoms with Gasteiger partial charge in [-0.3, -0.25) is 4.79 Å². The van der Waals surface area contributed by atoms with Gasteiger partial charge < -0.3 is 14.6 Å². The molecule has 1 unspecified atom stereocenters. The average molecular weight is 222 g/mol. The molecule has 0 saturated carbocycles. The van der Waals surface area contributed by atoms with Crippen LogP contribution in [0, 0.1) is 0 Å². The molecule has 1 aliphatic heterocycles. The molecule has 1 aromatic rings. The Morgan fingerprint density at radius 1 is 1.31 bits per heavy atom. The minimum atomic E-state index is -1.09. The molecule has 2 atom stereocenters. The Balaban J connectivity index is 2.07. The Morgan fingerprint density at radius 2 is 2.00 bits per heavy atom. The van der Waals surface area contributed by atoms with Crippen LogP contribution < -0.4 is 0 Å². The van der Waals surface area contributed by atoms with Crippen LogP contribution in [0.5, 0.6) is 0 Å². The van der Waals surface area contributed by atoms with Crippen molar-refractivity contribution in [3.63, 3.8) is 0 Å². The first-order valence-electron chi connectivity index (χ1n) is 4.79. The summed E-state index contributed by atoms with van der Waals surface area (Å²) < 4.78 is 10.2. The SMILES string of the molecule is O=C(O)C[C@@H]1OC(c2ccccc2)OC1=O. The van der Waals surface area contributed by atoms with E-state index in [1.165, 1.54) is 0 Å². The number of carbonyl (C=O) groups excluding carboxylic acids is 1. The van der Waals surface area contributed by atoms with Crippen LogP contribution in [-0.2, 0) is 19.1 Å². The van der Waals surface area contributed by atoms with Gasteiger partial charge in [-0.15, -0.1) is 0 Å². The zero-order valence-corrected chi connectivity index (χ0v) is 8.33. The molecule has 0 aromatic heterocycles. The summed E-state index contributed by atoms with van der Waals surface area (Å²) in [5.41, 5.74) is 0.698. The molecule has 0 aliphatic carbocycles. The van der Waals surface area contributed by atoms with Crippen molar-refractivity contribution >= 4 is 11.9 Å². The van der Waals surface area contributed by atoms with Gasteiger partial charge in [0.2, 0.25) is 6.29 Å². The molecule has 5 heteroatoms. The van der Waals surface area contributed by atoms with Gasteiger partial charge in [0.05, 0.1) is 6.42 Å². The summed E-state index contributed by atoms with van der Waals surface area (Å²) in [5.74, 6) is -1.72. The molecule has 1 fully saturated rings. The van der Waals surface area contributed by atoms with E-state index in [4.69, 9.17) is 14.6 Å². The van der Waals surface area contributed by atoms with E-state index in [1.807, 2.05) is 6.07 Å². The van der Waals surface area contributed by atoms with Crippen LogP contribution in [0.4, 0.5) is 0 Å². The van der Waals surface area contributed by atoms with Crippen LogP contribution in [-0.4, -0.2) is 23.1 Å². The van der Waals surface area contributed by atoms with Crippen LogP contribution >= 0.6 is 0 Å². The maximum atomic E-state index is 11.3. The van der Waals surface area contributed by atoms with Crippen molar-refractivity contribution in [2.45, 2.75) is 18.8 Å². The number of carbonyl (C=O) groups is 2. The number of carboxylic acid groups (broad SMARTS) is 1. The highest BCUT2D eigenvalue weighted by molar-refractivity contribution is 5.82. The van der Waals surface area contributed by atoms with E-state index in [9.17, 15) is 9.59 Å². The summed E-state index contributed by atoms with van der Waals surface area (Å²) in [7, 11) is 0. The number of esters is 1. The van der Waals surface area contributed by atoms with Crippen LogP contribution in [0.3, 0.4) is 0 Å². The smallest absolute Gasteiger partial charge is 0.338 e. The van der Waals surface area contributed by atoms with Crippen molar-refractivity contribution in [3.8, 4) is 0 Å². The van der Waals surface area contributed by atoms with Gasteiger partial charge >= 0.3 is 11.9 Å². The summed E-state index contributed by atoms with van der Waals surface area (Å²) in [6.07, 6.45) is -2.18. The average Bonchev–Trinajstić information content (AvgIpc) is 2.61. The molecule has 2 rings (SSSR count). The molecule has 0 bridgehead atoms. The minimum Gasteiger partial charge on any atom is -0.481 e. The lowest BCUT2D eigenvalue weighted by atomic mass is 10.2. The monoisotopic (exact) mass is 222 g/mol. The van der Waals surface area contributed by atoms with Crippen molar-refractivity contribution in [3.05, 3.63) is 35.9 Å². The van der Waals surface area contributed by atoms with Gasteiger partial charge in [0.25, 0.3) is 0 Å². The molecule has 16 heavy (non-hydrogen) atoms. The molecule has 1 aromatic carbocycles. The number of ether oxygens (including phenoxy) is 2. The molecule has 1 saturated heterocycles. The van der Waals surface area contributed by atoms with Crippen molar-refractivity contribution in [1.29, 1.82) is 0 Å². The second-order valence-corrected chi connectivity index (χ2v) is 3.40. The van der Waals surface area contributed by atoms with E-state index in [0.717, 1.165) is 0 Å². The van der Waals surface area contributed by atoms with E-state index < -0.39 is 24.3 Å². The highest BCUT2D eigenvalue weighted by Gasteiger charge is 2.37. The predicted octanol–water partition coefficient (Wildman–Crippen LogP) is 1.10. The van der Waals surface area contributed by atoms with E-state index in [2.05, 4.69) is 0 Å². The third-order valence-corrected chi connectivity index (χ3v) is 2.21. The van der Waals surface area contributed by atoms with Crippen molar-refractivity contribution < 1.29 is 24.2 Å². The van der Waals surface area contributed by atoms with Crippen LogP contribution in [0.2, 0.25) is 0 Å². The van der Waals surface area contributed by atoms with Crippen molar-refractivity contribution in [2.75, 3.05) is 0 Å². The standard InChI is InChI=1S/C11H10O5/c12-9(13)6-8-10(14)16-11(15-8)7-4-2-1-3-5-7/h1-5,8,11H,6H2,(H,12,13)/t8-,11?/m0/s1. The summed E-state index contributed by atoms with van der Waals surface area (Å²) >= 11 is 0. The molecule has 1 N–H and O–H groups in total. The predicted molar refractivity (Wildman–Crippen MR) is 52.4 cm³/mol. The van der Waals surface area contributed by atoms with Gasteiger partial charge in [0.15, 0.2) is 6.10 Å². The normalized spacial score (nSPS) is 24.1. The number of cyclic esters (lactones) is 1. The third kappa shape index (κ3) is 2.20. The van der Waals surface area contributed by atoms with E-state index in [-0.39, 0.29) is 6.42 Å². The lowest BCUT2D eigenvalue weighted by Crippen LogP contribution is -2.20. The third-order valence-electron chi connectivity index (χ3n) is 2.21. The Morgan fingerprint density at radius 3 is 2.62 bits per heavy atom. The maximum absolute atomic E-state index is 11.3. The number of carboxylic acids is 1. The fraction of sp³-hybridized carbons (Fsp3) is 0.273. The van der Waals surface area contributed by atoms with Gasteiger partial charge in [-0.2, -0.15) is 0 Å². The number of benzene rings is 1. The maximum Gasteiger partial charge on any atom is 0.338 e. The number of aliphatic carboxylic acids is 1. The Kier molecular flexibility index (Phi) is 2.87. The molecule has 0 spiro atoms. The first-order chi connectivity index (χ1) is 7.66. The second kappa shape index (κ2) is 4.32. The molecular formula is C11H10O5. The van der Waals surface area contributed by atoms with Gasteiger partial charge in [0.1, 0.15) is 0 Å². The first kappa shape index (κ1) is 10.6. The molecular weight excluding hydrogens is 212 g/mol. The first-order valence-corrected chi connectivity index (χ1v) is 4.79. The van der Waals surface area contributed by atoms with Gasteiger partial charge in [-0.05, 0) is 0 Å². The highest BCUT2D eigenvalue weighted by atomic mass is 16.8. The van der Waals surface area contributed by atoms with Crippen LogP contribution in [0.25, 0.3) is 0 Å². The van der Waals surface area contributed by atoms with Crippen LogP contribution in [0.1, 0.15) is 18.3 Å². The van der Waals surface area contributed by atoms with Crippen molar-refractivity contribution in [2.24, 2.45) is 0 Å². The minimum absolute atomic E-state index is 0.373. The summed E-state index contributed by atoms with van der Waals surface area (Å²) in [4.78, 5) is 21.7. The summed E-state index contributed by atoms with van der Waals surface area (Å²) in [5, 5.41) is 8.56. The van der Waals surface area contributed by atoms with E-state index >= 15 is 0 Å². The quantitative estimate of drug-likeness (QED) is 0.775. The molecule has 1 aliphatic rings. The van der Waals surface area contributed by atoms with E-state index in [1.54, 1.807) is 24.3 Å². The Hall–Kier alpha value is -1.88. The highest BCUT2D eigenvalue weighted by Crippen LogP contribution is 2.28. The van der Waals surface area contributed by atoms with Crippen molar-refractivity contribution in [1.82, 2.24) is 0 Å². The summed E-state index contributed by atoms with van der Waals surface area (Å²) in [6.45, 7) is 0. The number of rotatable bonds is 3. The summed E-state index contributed by atoms with van der Waals surface area (Å²) in [6, 6.07) is 8.91. The molecule has 84 valence electrons. The lowest BCUT2D eigenvalue weighted by molar-refractivity contribution is -0.146. The zero-order valence-electron chi connectivity index (χ0n) is 8.33. The fourth-order valence-corrected chi connectivity index (χ4v) is 1.46. The van der Waals surface area contributed by atoms with Gasteiger partial charge in [0, 0.05) is 5.56 Å². The topological polar surface area (TPSA) is 72.8 Å². The Bertz CT molecular complexity index is 400. The molecule has 0 amide bonds. The molecule has 5 nitrogen and oxygen atoms in total. The number of hydrogen-bond acceptors (Lipinski definition) is 4. The molecule has 0 radical (unpaired) electrons. The van der Waals surface area contributed by atoms with Crippen LogP contribution in [0.15, 0.2) is 30.3 Å². The van der Waals surface area contributed by atoms with Gasteiger partial charge in [-0.1, -0.05) is 30.3 Å². The lowest BCUT2D eigenvalue weighted by Gasteiger charge is -2.08. The van der Waals surface area contributed by atoms with Gasteiger partial charge in [-0.25, -0.2) is 4.79 Å². The number of hydrogen-bond donors (Lipinski definition) is 1. The second-order valence-electron chi connectivity index (χ2n) is 3.40. The molecule has 1 heterocycles. The zero-order chi connectivity index (χ0) is 11.5. The Labute approximate surface area is 91.6 Å². The largest absolute Gasteiger partial charge is 0.481 e. The fourth-order valence-electron chi connectivity index (χ4n) is 1.46.